The van der Waals surface area contributed by atoms with Crippen LogP contribution in [0, 0.1) is 5.92 Å². The van der Waals surface area contributed by atoms with E-state index < -0.39 is 30.0 Å². The van der Waals surface area contributed by atoms with Crippen molar-refractivity contribution < 1.29 is 35.8 Å². The molecule has 1 rings (SSSR count). The molecule has 0 radical (unpaired) electrons. The number of rotatable bonds is 6. The minimum absolute atomic E-state index is 0.140. The smallest absolute Gasteiger partial charge is 0.385 e. The van der Waals surface area contributed by atoms with Gasteiger partial charge in [0.05, 0.1) is 12.0 Å². The number of aliphatic hydroxyl groups is 1. The van der Waals surface area contributed by atoms with E-state index in [0.717, 1.165) is 6.92 Å². The largest absolute Gasteiger partial charge is 0.459 e. The van der Waals surface area contributed by atoms with E-state index in [9.17, 15) is 35.8 Å². The van der Waals surface area contributed by atoms with E-state index in [0.29, 0.717) is 12.0 Å². The second-order valence-corrected chi connectivity index (χ2v) is 6.53. The summed E-state index contributed by atoms with van der Waals surface area (Å²) >= 11 is 0. The molecule has 0 saturated carbocycles. The van der Waals surface area contributed by atoms with Crippen LogP contribution in [0.4, 0.5) is 30.7 Å². The zero-order valence-electron chi connectivity index (χ0n) is 13.4. The van der Waals surface area contributed by atoms with Crippen LogP contribution in [0.1, 0.15) is 38.3 Å². The molecule has 1 aromatic carbocycles. The number of alkyl halides is 7. The van der Waals surface area contributed by atoms with Gasteiger partial charge in [0.2, 0.25) is 0 Å². The summed E-state index contributed by atoms with van der Waals surface area (Å²) in [6.45, 7) is 4.58. The number of benzene rings is 1. The van der Waals surface area contributed by atoms with Gasteiger partial charge in [-0.25, -0.2) is 0 Å². The lowest BCUT2D eigenvalue weighted by molar-refractivity contribution is -0.361. The molecule has 24 heavy (non-hydrogen) atoms. The topological polar surface area (TPSA) is 20.2 Å². The average Bonchev–Trinajstić information content (AvgIpc) is 2.35. The van der Waals surface area contributed by atoms with Crippen LogP contribution in [0.15, 0.2) is 24.3 Å². The lowest BCUT2D eigenvalue weighted by atomic mass is 9.86. The van der Waals surface area contributed by atoms with Crippen LogP contribution in [0.2, 0.25) is 0 Å². The van der Waals surface area contributed by atoms with Crippen molar-refractivity contribution in [3.8, 4) is 0 Å². The number of hydrogen-bond donors (Lipinski definition) is 1. The fraction of sp³-hybridized carbons (Fsp3) is 0.625. The molecule has 8 heteroatoms. The van der Waals surface area contributed by atoms with Crippen LogP contribution in [-0.2, 0) is 12.0 Å². The van der Waals surface area contributed by atoms with Crippen molar-refractivity contribution in [2.45, 2.75) is 57.2 Å². The molecule has 1 atom stereocenters. The van der Waals surface area contributed by atoms with E-state index in [1.165, 1.54) is 18.2 Å². The normalized spacial score (nSPS) is 16.3. The second kappa shape index (κ2) is 6.54. The van der Waals surface area contributed by atoms with Gasteiger partial charge in [0.1, 0.15) is 0 Å². The average molecular weight is 360 g/mol. The molecule has 0 amide bonds. The Morgan fingerprint density at radius 1 is 1.00 bits per heavy atom. The first kappa shape index (κ1) is 20.7. The van der Waals surface area contributed by atoms with Gasteiger partial charge in [-0.1, -0.05) is 38.1 Å². The van der Waals surface area contributed by atoms with E-state index in [4.69, 9.17) is 0 Å². The molecule has 0 aliphatic carbocycles. The van der Waals surface area contributed by atoms with Crippen LogP contribution in [0.5, 0.6) is 0 Å². The van der Waals surface area contributed by atoms with Gasteiger partial charge in [0, 0.05) is 0 Å². The van der Waals surface area contributed by atoms with Crippen molar-refractivity contribution in [2.24, 2.45) is 5.92 Å². The molecule has 1 unspecified atom stereocenters. The predicted molar refractivity (Wildman–Crippen MR) is 75.1 cm³/mol. The molecule has 1 aromatic rings. The van der Waals surface area contributed by atoms with Gasteiger partial charge < -0.3 is 5.11 Å². The van der Waals surface area contributed by atoms with E-state index >= 15 is 0 Å². The summed E-state index contributed by atoms with van der Waals surface area (Å²) in [6.07, 6.45) is -7.93. The highest BCUT2D eigenvalue weighted by Gasteiger charge is 2.73. The first-order chi connectivity index (χ1) is 10.6. The third-order valence-electron chi connectivity index (χ3n) is 3.57. The van der Waals surface area contributed by atoms with Gasteiger partial charge in [-0.3, -0.25) is 0 Å². The van der Waals surface area contributed by atoms with E-state index in [1.807, 2.05) is 13.8 Å². The van der Waals surface area contributed by atoms with Crippen molar-refractivity contribution in [1.29, 1.82) is 0 Å². The molecule has 138 valence electrons. The van der Waals surface area contributed by atoms with E-state index in [-0.39, 0.29) is 11.5 Å². The van der Waals surface area contributed by atoms with Gasteiger partial charge in [-0.15, -0.1) is 0 Å². The number of halogens is 7. The van der Waals surface area contributed by atoms with Crippen molar-refractivity contribution in [3.63, 3.8) is 0 Å². The van der Waals surface area contributed by atoms with E-state index in [2.05, 4.69) is 0 Å². The van der Waals surface area contributed by atoms with Gasteiger partial charge in [-0.05, 0) is 30.4 Å². The predicted octanol–water partition coefficient (Wildman–Crippen LogP) is 5.32. The number of hydrogen-bond acceptors (Lipinski definition) is 1. The summed E-state index contributed by atoms with van der Waals surface area (Å²) < 4.78 is 89.8. The monoisotopic (exact) mass is 360 g/mol. The lowest BCUT2D eigenvalue weighted by Crippen LogP contribution is -2.54. The fourth-order valence-electron chi connectivity index (χ4n) is 2.36. The molecule has 0 aliphatic heterocycles. The third kappa shape index (κ3) is 4.40. The Bertz CT molecular complexity index is 562. The molecule has 0 saturated heterocycles. The molecular weight excluding hydrogens is 341 g/mol. The molecule has 0 spiro atoms. The van der Waals surface area contributed by atoms with Crippen LogP contribution in [0.3, 0.4) is 0 Å². The van der Waals surface area contributed by atoms with Crippen molar-refractivity contribution >= 4 is 0 Å². The zero-order valence-corrected chi connectivity index (χ0v) is 13.4. The molecule has 1 N–H and O–H groups in total. The summed E-state index contributed by atoms with van der Waals surface area (Å²) in [5, 5.41) is 10.1. The Kier molecular flexibility index (Phi) is 5.65. The lowest BCUT2D eigenvalue weighted by Gasteiger charge is -2.34. The first-order valence-electron chi connectivity index (χ1n) is 7.24. The Balaban J connectivity index is 3.13. The van der Waals surface area contributed by atoms with E-state index in [1.54, 1.807) is 6.07 Å². The Morgan fingerprint density at radius 2 is 1.54 bits per heavy atom. The maximum atomic E-state index is 13.6. The van der Waals surface area contributed by atoms with Gasteiger partial charge in [-0.2, -0.15) is 30.7 Å². The van der Waals surface area contributed by atoms with Gasteiger partial charge >= 0.3 is 18.0 Å². The molecule has 0 aliphatic rings. The summed E-state index contributed by atoms with van der Waals surface area (Å²) in [6, 6.07) is 5.64. The highest BCUT2D eigenvalue weighted by molar-refractivity contribution is 5.28. The van der Waals surface area contributed by atoms with Crippen molar-refractivity contribution in [3.05, 3.63) is 35.4 Å². The SMILES string of the molecule is CC(C)Cc1cccc(C(C)(O)CC(F)(F)C(F)(F)C(F)(F)F)c1. The highest BCUT2D eigenvalue weighted by atomic mass is 19.4. The van der Waals surface area contributed by atoms with Crippen molar-refractivity contribution in [1.82, 2.24) is 0 Å². The molecular formula is C16H19F7O. The molecule has 0 fully saturated rings. The fourth-order valence-corrected chi connectivity index (χ4v) is 2.36. The highest BCUT2D eigenvalue weighted by Crippen LogP contribution is 2.50. The Morgan fingerprint density at radius 3 is 2.00 bits per heavy atom. The van der Waals surface area contributed by atoms with Crippen LogP contribution < -0.4 is 0 Å². The maximum Gasteiger partial charge on any atom is 0.459 e. The van der Waals surface area contributed by atoms with Crippen molar-refractivity contribution in [2.75, 3.05) is 0 Å². The summed E-state index contributed by atoms with van der Waals surface area (Å²) in [7, 11) is 0. The van der Waals surface area contributed by atoms with Crippen LogP contribution >= 0.6 is 0 Å². The quantitative estimate of drug-likeness (QED) is 0.681. The minimum atomic E-state index is -6.41. The summed E-state index contributed by atoms with van der Waals surface area (Å²) in [5.41, 5.74) is -2.03. The van der Waals surface area contributed by atoms with Gasteiger partial charge in [0.25, 0.3) is 0 Å². The maximum absolute atomic E-state index is 13.6. The Labute approximate surface area is 135 Å². The third-order valence-corrected chi connectivity index (χ3v) is 3.57. The Hall–Kier alpha value is -1.31. The first-order valence-corrected chi connectivity index (χ1v) is 7.24. The van der Waals surface area contributed by atoms with Crippen LogP contribution in [-0.4, -0.2) is 23.1 Å². The van der Waals surface area contributed by atoms with Crippen LogP contribution in [0.25, 0.3) is 0 Å². The molecule has 1 nitrogen and oxygen atoms in total. The zero-order chi connectivity index (χ0) is 19.0. The summed E-state index contributed by atoms with van der Waals surface area (Å²) in [5.74, 6) is -11.5. The molecule has 0 bridgehead atoms. The van der Waals surface area contributed by atoms with Gasteiger partial charge in [0.15, 0.2) is 0 Å². The standard InChI is InChI=1S/C16H19F7O/c1-10(2)7-11-5-4-6-12(8-11)13(3,24)9-14(17,18)15(19,20)16(21,22)23/h4-6,8,10,24H,7,9H2,1-3H3. The molecule has 0 aromatic heterocycles. The summed E-state index contributed by atoms with van der Waals surface area (Å²) in [4.78, 5) is 0. The second-order valence-electron chi connectivity index (χ2n) is 6.53. The minimum Gasteiger partial charge on any atom is -0.385 e. The molecule has 0 heterocycles.